The molecule has 0 unspecified atom stereocenters. The molecule has 0 aliphatic rings. The van der Waals surface area contributed by atoms with E-state index in [1.54, 1.807) is 0 Å². The van der Waals surface area contributed by atoms with Crippen molar-refractivity contribution in [1.29, 1.82) is 0 Å². The van der Waals surface area contributed by atoms with Crippen LogP contribution in [0.5, 0.6) is 0 Å². The van der Waals surface area contributed by atoms with Crippen LogP contribution in [0.4, 0.5) is 5.69 Å². The molecule has 0 saturated carbocycles. The highest BCUT2D eigenvalue weighted by atomic mass is 15.1. The number of hydrogen-bond acceptors (Lipinski definition) is 3. The number of nitrogens with two attached hydrogens (primary N) is 1. The van der Waals surface area contributed by atoms with E-state index in [0.717, 1.165) is 28.2 Å². The summed E-state index contributed by atoms with van der Waals surface area (Å²) in [5, 5.41) is 8.13. The first-order valence-electron chi connectivity index (χ1n) is 4.83. The molecule has 2 N–H and O–H groups in total. The van der Waals surface area contributed by atoms with Crippen LogP contribution in [0.25, 0.3) is 11.3 Å². The molecule has 0 radical (unpaired) electrons. The number of benzene rings is 1. The molecule has 1 aromatic heterocycles. The highest BCUT2D eigenvalue weighted by Crippen LogP contribution is 2.21. The Morgan fingerprint density at radius 3 is 2.40 bits per heavy atom. The van der Waals surface area contributed by atoms with E-state index < -0.39 is 0 Å². The third kappa shape index (κ3) is 1.96. The normalized spacial score (nSPS) is 10.3. The van der Waals surface area contributed by atoms with Crippen molar-refractivity contribution < 1.29 is 0 Å². The van der Waals surface area contributed by atoms with E-state index in [1.807, 2.05) is 44.2 Å². The van der Waals surface area contributed by atoms with Crippen molar-refractivity contribution >= 4 is 5.69 Å². The third-order valence-corrected chi connectivity index (χ3v) is 2.37. The summed E-state index contributed by atoms with van der Waals surface area (Å²) in [4.78, 5) is 0. The second-order valence-electron chi connectivity index (χ2n) is 3.63. The number of anilines is 1. The molecule has 0 bridgehead atoms. The molecule has 0 aliphatic heterocycles. The summed E-state index contributed by atoms with van der Waals surface area (Å²) < 4.78 is 0. The van der Waals surface area contributed by atoms with Gasteiger partial charge >= 0.3 is 0 Å². The molecule has 2 aromatic rings. The summed E-state index contributed by atoms with van der Waals surface area (Å²) >= 11 is 0. The largest absolute Gasteiger partial charge is 0.398 e. The van der Waals surface area contributed by atoms with Crippen LogP contribution in [0, 0.1) is 13.8 Å². The fraction of sp³-hybridized carbons (Fsp3) is 0.167. The van der Waals surface area contributed by atoms with Crippen LogP contribution >= 0.6 is 0 Å². The van der Waals surface area contributed by atoms with Crippen LogP contribution < -0.4 is 5.73 Å². The number of nitrogen functional groups attached to an aromatic ring is 1. The minimum absolute atomic E-state index is 0.787. The molecule has 0 saturated heterocycles. The summed E-state index contributed by atoms with van der Waals surface area (Å²) in [6.45, 7) is 3.90. The molecule has 3 heteroatoms. The Bertz CT molecular complexity index is 475. The third-order valence-electron chi connectivity index (χ3n) is 2.37. The lowest BCUT2D eigenvalue weighted by Gasteiger charge is -2.04. The predicted octanol–water partition coefficient (Wildman–Crippen LogP) is 2.34. The van der Waals surface area contributed by atoms with Crippen molar-refractivity contribution in [2.45, 2.75) is 13.8 Å². The Balaban J connectivity index is 2.45. The Morgan fingerprint density at radius 2 is 1.80 bits per heavy atom. The van der Waals surface area contributed by atoms with Gasteiger partial charge in [0.1, 0.15) is 0 Å². The number of nitrogens with zero attached hydrogens (tertiary/aromatic N) is 2. The zero-order valence-electron chi connectivity index (χ0n) is 8.86. The van der Waals surface area contributed by atoms with E-state index in [9.17, 15) is 0 Å². The first-order valence-corrected chi connectivity index (χ1v) is 4.83. The van der Waals surface area contributed by atoms with E-state index >= 15 is 0 Å². The molecule has 0 amide bonds. The summed E-state index contributed by atoms with van der Waals surface area (Å²) in [5.41, 5.74) is 10.5. The zero-order valence-corrected chi connectivity index (χ0v) is 8.86. The average Bonchev–Trinajstić information content (AvgIpc) is 2.23. The molecule has 0 atom stereocenters. The lowest BCUT2D eigenvalue weighted by molar-refractivity contribution is 0.987. The monoisotopic (exact) mass is 199 g/mol. The Morgan fingerprint density at radius 1 is 1.00 bits per heavy atom. The van der Waals surface area contributed by atoms with Gasteiger partial charge in [0.15, 0.2) is 0 Å². The van der Waals surface area contributed by atoms with E-state index in [2.05, 4.69) is 10.2 Å². The Kier molecular flexibility index (Phi) is 2.37. The van der Waals surface area contributed by atoms with Crippen LogP contribution in [0.1, 0.15) is 11.3 Å². The maximum absolute atomic E-state index is 5.84. The minimum Gasteiger partial charge on any atom is -0.398 e. The van der Waals surface area contributed by atoms with Crippen LogP contribution in [-0.2, 0) is 0 Å². The van der Waals surface area contributed by atoms with Crippen LogP contribution in [0.2, 0.25) is 0 Å². The van der Waals surface area contributed by atoms with Crippen molar-refractivity contribution in [2.24, 2.45) is 0 Å². The zero-order chi connectivity index (χ0) is 10.8. The van der Waals surface area contributed by atoms with Crippen molar-refractivity contribution in [3.8, 4) is 11.3 Å². The fourth-order valence-electron chi connectivity index (χ4n) is 1.35. The van der Waals surface area contributed by atoms with Crippen LogP contribution in [0.3, 0.4) is 0 Å². The van der Waals surface area contributed by atoms with Gasteiger partial charge in [-0.2, -0.15) is 10.2 Å². The van der Waals surface area contributed by atoms with Gasteiger partial charge in [0.25, 0.3) is 0 Å². The quantitative estimate of drug-likeness (QED) is 0.717. The second-order valence-corrected chi connectivity index (χ2v) is 3.63. The highest BCUT2D eigenvalue weighted by Gasteiger charge is 2.01. The summed E-state index contributed by atoms with van der Waals surface area (Å²) in [6, 6.07) is 9.82. The van der Waals surface area contributed by atoms with Crippen LogP contribution in [-0.4, -0.2) is 10.2 Å². The van der Waals surface area contributed by atoms with E-state index in [1.165, 1.54) is 0 Å². The molecule has 76 valence electrons. The Hall–Kier alpha value is -1.90. The standard InChI is InChI=1S/C12H13N3/c1-8-3-5-10(7-11(8)13)12-6-4-9(2)14-15-12/h3-7H,13H2,1-2H3. The van der Waals surface area contributed by atoms with Crippen molar-refractivity contribution in [3.63, 3.8) is 0 Å². The van der Waals surface area contributed by atoms with Gasteiger partial charge in [-0.1, -0.05) is 12.1 Å². The smallest absolute Gasteiger partial charge is 0.0930 e. The maximum atomic E-state index is 5.84. The minimum atomic E-state index is 0.787. The van der Waals surface area contributed by atoms with Crippen molar-refractivity contribution in [2.75, 3.05) is 5.73 Å². The van der Waals surface area contributed by atoms with E-state index in [4.69, 9.17) is 5.73 Å². The first kappa shape index (κ1) is 9.65. The molecule has 0 spiro atoms. The fourth-order valence-corrected chi connectivity index (χ4v) is 1.35. The first-order chi connectivity index (χ1) is 7.16. The summed E-state index contributed by atoms with van der Waals surface area (Å²) in [6.07, 6.45) is 0. The molecule has 0 fully saturated rings. The second kappa shape index (κ2) is 3.69. The number of aryl methyl sites for hydroxylation is 2. The van der Waals surface area contributed by atoms with Gasteiger partial charge in [-0.3, -0.25) is 0 Å². The number of rotatable bonds is 1. The van der Waals surface area contributed by atoms with Gasteiger partial charge in [0.2, 0.25) is 0 Å². The van der Waals surface area contributed by atoms with Gasteiger partial charge in [-0.25, -0.2) is 0 Å². The average molecular weight is 199 g/mol. The molecule has 3 nitrogen and oxygen atoms in total. The molecule has 1 heterocycles. The van der Waals surface area contributed by atoms with Gasteiger partial charge in [0, 0.05) is 11.3 Å². The maximum Gasteiger partial charge on any atom is 0.0930 e. The number of aromatic nitrogens is 2. The van der Waals surface area contributed by atoms with E-state index in [0.29, 0.717) is 0 Å². The SMILES string of the molecule is Cc1ccc(-c2ccc(C)c(N)c2)nn1. The lowest BCUT2D eigenvalue weighted by Crippen LogP contribution is -1.93. The number of hydrogen-bond donors (Lipinski definition) is 1. The molecule has 0 aliphatic carbocycles. The van der Waals surface area contributed by atoms with Crippen molar-refractivity contribution in [1.82, 2.24) is 10.2 Å². The molecule has 2 rings (SSSR count). The lowest BCUT2D eigenvalue weighted by atomic mass is 10.1. The Labute approximate surface area is 89.0 Å². The molecule has 15 heavy (non-hydrogen) atoms. The van der Waals surface area contributed by atoms with Gasteiger partial charge in [-0.15, -0.1) is 0 Å². The summed E-state index contributed by atoms with van der Waals surface area (Å²) in [7, 11) is 0. The molecular weight excluding hydrogens is 186 g/mol. The van der Waals surface area contributed by atoms with Gasteiger partial charge in [-0.05, 0) is 37.6 Å². The molecule has 1 aromatic carbocycles. The van der Waals surface area contributed by atoms with Crippen LogP contribution in [0.15, 0.2) is 30.3 Å². The predicted molar refractivity (Wildman–Crippen MR) is 61.4 cm³/mol. The van der Waals surface area contributed by atoms with Gasteiger partial charge in [0.05, 0.1) is 11.4 Å². The topological polar surface area (TPSA) is 51.8 Å². The molecular formula is C12H13N3. The summed E-state index contributed by atoms with van der Waals surface area (Å²) in [5.74, 6) is 0. The van der Waals surface area contributed by atoms with E-state index in [-0.39, 0.29) is 0 Å². The highest BCUT2D eigenvalue weighted by molar-refractivity contribution is 5.65. The van der Waals surface area contributed by atoms with Crippen molar-refractivity contribution in [3.05, 3.63) is 41.6 Å². The van der Waals surface area contributed by atoms with Gasteiger partial charge < -0.3 is 5.73 Å².